The third-order valence-electron chi connectivity index (χ3n) is 3.01. The zero-order valence-corrected chi connectivity index (χ0v) is 14.6. The van der Waals surface area contributed by atoms with Gasteiger partial charge in [-0.05, 0) is 42.8 Å². The predicted octanol–water partition coefficient (Wildman–Crippen LogP) is 4.86. The maximum Gasteiger partial charge on any atom is 0.345 e. The third kappa shape index (κ3) is 5.20. The van der Waals surface area contributed by atoms with Gasteiger partial charge in [-0.1, -0.05) is 29.3 Å². The highest BCUT2D eigenvalue weighted by Gasteiger charge is 2.16. The summed E-state index contributed by atoms with van der Waals surface area (Å²) in [5, 5.41) is 11.0. The van der Waals surface area contributed by atoms with Crippen LogP contribution >= 0.6 is 23.2 Å². The summed E-state index contributed by atoms with van der Waals surface area (Å²) in [5.41, 5.74) is 0.690. The number of nitrogens with zero attached hydrogens (tertiary/aromatic N) is 1. The van der Waals surface area contributed by atoms with Crippen molar-refractivity contribution < 1.29 is 19.2 Å². The molecule has 2 aromatic rings. The second kappa shape index (κ2) is 8.50. The molecule has 0 atom stereocenters. The Bertz CT molecular complexity index is 836. The van der Waals surface area contributed by atoms with Crippen molar-refractivity contribution in [3.05, 3.63) is 73.9 Å². The number of halogens is 2. The Hall–Kier alpha value is -2.57. The number of carbonyl (C=O) groups excluding carboxylic acids is 1. The summed E-state index contributed by atoms with van der Waals surface area (Å²) in [4.78, 5) is 22.1. The maximum absolute atomic E-state index is 12.3. The molecular formula is C17H13Cl2NO5. The predicted molar refractivity (Wildman–Crippen MR) is 95.1 cm³/mol. The van der Waals surface area contributed by atoms with Gasteiger partial charge >= 0.3 is 5.97 Å². The van der Waals surface area contributed by atoms with Gasteiger partial charge in [-0.3, -0.25) is 10.1 Å². The molecule has 2 rings (SSSR count). The van der Waals surface area contributed by atoms with E-state index in [9.17, 15) is 14.9 Å². The van der Waals surface area contributed by atoms with Gasteiger partial charge in [0.15, 0.2) is 11.5 Å². The van der Waals surface area contributed by atoms with Crippen LogP contribution in [0.5, 0.6) is 11.5 Å². The summed E-state index contributed by atoms with van der Waals surface area (Å²) >= 11 is 11.8. The second-order valence-electron chi connectivity index (χ2n) is 4.75. The third-order valence-corrected chi connectivity index (χ3v) is 3.56. The molecule has 0 amide bonds. The van der Waals surface area contributed by atoms with E-state index in [0.717, 1.165) is 6.20 Å². The molecule has 8 heteroatoms. The highest BCUT2D eigenvalue weighted by atomic mass is 35.5. The molecule has 130 valence electrons. The molecule has 0 bridgehead atoms. The molecule has 0 aromatic heterocycles. The fourth-order valence-corrected chi connectivity index (χ4v) is 2.42. The van der Waals surface area contributed by atoms with Crippen LogP contribution in [0.2, 0.25) is 10.0 Å². The van der Waals surface area contributed by atoms with Crippen molar-refractivity contribution in [2.24, 2.45) is 0 Å². The first kappa shape index (κ1) is 18.8. The minimum Gasteiger partial charge on any atom is -0.490 e. The van der Waals surface area contributed by atoms with Gasteiger partial charge in [0.25, 0.3) is 0 Å². The van der Waals surface area contributed by atoms with Crippen molar-refractivity contribution in [3.8, 4) is 11.5 Å². The Morgan fingerprint density at radius 1 is 1.20 bits per heavy atom. The van der Waals surface area contributed by atoms with Crippen LogP contribution in [0.4, 0.5) is 0 Å². The molecule has 0 N–H and O–H groups in total. The Kier molecular flexibility index (Phi) is 6.38. The van der Waals surface area contributed by atoms with E-state index in [2.05, 4.69) is 0 Å². The van der Waals surface area contributed by atoms with E-state index in [-0.39, 0.29) is 22.1 Å². The van der Waals surface area contributed by atoms with E-state index in [4.69, 9.17) is 32.7 Å². The summed E-state index contributed by atoms with van der Waals surface area (Å²) < 4.78 is 10.8. The molecule has 0 saturated carbocycles. The summed E-state index contributed by atoms with van der Waals surface area (Å²) in [7, 11) is 0. The molecule has 0 aliphatic heterocycles. The molecule has 25 heavy (non-hydrogen) atoms. The van der Waals surface area contributed by atoms with Gasteiger partial charge in [0.2, 0.25) is 6.20 Å². The average molecular weight is 382 g/mol. The molecule has 0 spiro atoms. The van der Waals surface area contributed by atoms with Crippen LogP contribution in [0.25, 0.3) is 6.08 Å². The van der Waals surface area contributed by atoms with Gasteiger partial charge < -0.3 is 9.47 Å². The fourth-order valence-electron chi connectivity index (χ4n) is 1.94. The number of carbonyl (C=O) groups is 1. The summed E-state index contributed by atoms with van der Waals surface area (Å²) in [6.45, 7) is 2.09. The lowest BCUT2D eigenvalue weighted by Crippen LogP contribution is -2.10. The minimum absolute atomic E-state index is 0.158. The van der Waals surface area contributed by atoms with Gasteiger partial charge in [-0.2, -0.15) is 0 Å². The molecular weight excluding hydrogens is 369 g/mol. The van der Waals surface area contributed by atoms with Crippen molar-refractivity contribution in [1.82, 2.24) is 0 Å². The number of rotatable bonds is 6. The number of hydrogen-bond acceptors (Lipinski definition) is 5. The van der Waals surface area contributed by atoms with Crippen LogP contribution in [0, 0.1) is 10.1 Å². The zero-order valence-electron chi connectivity index (χ0n) is 13.1. The van der Waals surface area contributed by atoms with E-state index in [0.29, 0.717) is 17.2 Å². The van der Waals surface area contributed by atoms with Crippen LogP contribution in [0.15, 0.2) is 42.6 Å². The van der Waals surface area contributed by atoms with Crippen molar-refractivity contribution in [1.29, 1.82) is 0 Å². The summed E-state index contributed by atoms with van der Waals surface area (Å²) in [6.07, 6.45) is 2.12. The summed E-state index contributed by atoms with van der Waals surface area (Å²) in [6, 6.07) is 9.02. The monoisotopic (exact) mass is 381 g/mol. The first-order valence-electron chi connectivity index (χ1n) is 7.16. The van der Waals surface area contributed by atoms with E-state index < -0.39 is 10.9 Å². The van der Waals surface area contributed by atoms with Gasteiger partial charge in [0.1, 0.15) is 0 Å². The Balaban J connectivity index is 2.28. The van der Waals surface area contributed by atoms with E-state index in [1.165, 1.54) is 36.4 Å². The van der Waals surface area contributed by atoms with E-state index >= 15 is 0 Å². The fraction of sp³-hybridized carbons (Fsp3) is 0.118. The van der Waals surface area contributed by atoms with Crippen molar-refractivity contribution in [2.45, 2.75) is 6.92 Å². The van der Waals surface area contributed by atoms with Gasteiger partial charge in [0, 0.05) is 11.1 Å². The van der Waals surface area contributed by atoms with Crippen LogP contribution in [0.3, 0.4) is 0 Å². The van der Waals surface area contributed by atoms with Gasteiger partial charge in [0.05, 0.1) is 22.1 Å². The molecule has 0 heterocycles. The normalized spacial score (nSPS) is 10.7. The zero-order chi connectivity index (χ0) is 18.4. The lowest BCUT2D eigenvalue weighted by atomic mass is 10.2. The topological polar surface area (TPSA) is 78.7 Å². The van der Waals surface area contributed by atoms with Crippen molar-refractivity contribution >= 4 is 35.2 Å². The number of hydrogen-bond donors (Lipinski definition) is 0. The molecule has 6 nitrogen and oxygen atoms in total. The molecule has 0 unspecified atom stereocenters. The first-order valence-corrected chi connectivity index (χ1v) is 7.92. The lowest BCUT2D eigenvalue weighted by Gasteiger charge is -2.12. The second-order valence-corrected chi connectivity index (χ2v) is 5.60. The largest absolute Gasteiger partial charge is 0.490 e. The standard InChI is InChI=1S/C17H13Cl2NO5/c1-2-24-16-9-11(7-8-20(22)23)3-6-15(16)25-17(21)13-5-4-12(18)10-14(13)19/h3-10H,2H2,1H3/b8-7-. The van der Waals surface area contributed by atoms with Crippen LogP contribution < -0.4 is 9.47 Å². The number of esters is 1. The highest BCUT2D eigenvalue weighted by Crippen LogP contribution is 2.31. The summed E-state index contributed by atoms with van der Waals surface area (Å²) in [5.74, 6) is -0.209. The van der Waals surface area contributed by atoms with E-state index in [1.807, 2.05) is 0 Å². The quantitative estimate of drug-likeness (QED) is 0.309. The lowest BCUT2D eigenvalue weighted by molar-refractivity contribution is -0.400. The molecule has 0 aliphatic carbocycles. The van der Waals surface area contributed by atoms with Crippen LogP contribution in [-0.2, 0) is 0 Å². The number of benzene rings is 2. The van der Waals surface area contributed by atoms with Crippen LogP contribution in [-0.4, -0.2) is 17.5 Å². The van der Waals surface area contributed by atoms with Gasteiger partial charge in [-0.15, -0.1) is 0 Å². The molecule has 0 aliphatic rings. The van der Waals surface area contributed by atoms with Gasteiger partial charge in [-0.25, -0.2) is 4.79 Å². The Labute approximate surface area is 153 Å². The minimum atomic E-state index is -0.670. The smallest absolute Gasteiger partial charge is 0.345 e. The van der Waals surface area contributed by atoms with Crippen molar-refractivity contribution in [2.75, 3.05) is 6.61 Å². The van der Waals surface area contributed by atoms with Crippen LogP contribution in [0.1, 0.15) is 22.8 Å². The van der Waals surface area contributed by atoms with Crippen molar-refractivity contribution in [3.63, 3.8) is 0 Å². The molecule has 2 aromatic carbocycles. The SMILES string of the molecule is CCOc1cc(/C=C\[N+](=O)[O-])ccc1OC(=O)c1ccc(Cl)cc1Cl. The maximum atomic E-state index is 12.3. The first-order chi connectivity index (χ1) is 11.9. The molecule has 0 radical (unpaired) electrons. The Morgan fingerprint density at radius 2 is 1.96 bits per heavy atom. The van der Waals surface area contributed by atoms with E-state index in [1.54, 1.807) is 13.0 Å². The average Bonchev–Trinajstić information content (AvgIpc) is 2.55. The number of nitro groups is 1. The number of ether oxygens (including phenoxy) is 2. The highest BCUT2D eigenvalue weighted by molar-refractivity contribution is 6.36. The Morgan fingerprint density at radius 3 is 2.60 bits per heavy atom. The molecule has 0 saturated heterocycles. The molecule has 0 fully saturated rings.